The quantitative estimate of drug-likeness (QED) is 0.385. The van der Waals surface area contributed by atoms with Gasteiger partial charge in [-0.2, -0.15) is 5.26 Å². The van der Waals surface area contributed by atoms with Crippen molar-refractivity contribution in [3.63, 3.8) is 0 Å². The number of ether oxygens (including phenoxy) is 2. The van der Waals surface area contributed by atoms with Crippen LogP contribution in [-0.2, 0) is 9.53 Å². The zero-order valence-electron chi connectivity index (χ0n) is 17.4. The van der Waals surface area contributed by atoms with Crippen LogP contribution >= 0.6 is 23.2 Å². The van der Waals surface area contributed by atoms with Crippen molar-refractivity contribution < 1.29 is 19.1 Å². The first-order valence-corrected chi connectivity index (χ1v) is 10.7. The van der Waals surface area contributed by atoms with Crippen molar-refractivity contribution in [3.05, 3.63) is 55.9 Å². The standard InChI is InChI=1S/C21H19Cl2N5O5/c1-2-32-21(31)26-19(29)12(9-24)10-25-13-6-15(22)18(16(23)7-13)33-17-8-14(11-4-3-5-11)20(30)28-27-17/h6-8,10-11,25H,2-5H2,1H3,(H,28,30)(H,26,29,31). The van der Waals surface area contributed by atoms with E-state index in [1.54, 1.807) is 19.1 Å². The number of H-pyrrole nitrogens is 1. The molecule has 3 N–H and O–H groups in total. The first-order valence-electron chi connectivity index (χ1n) is 9.93. The van der Waals surface area contributed by atoms with Crippen molar-refractivity contribution in [3.8, 4) is 17.7 Å². The minimum Gasteiger partial charge on any atom is -0.450 e. The maximum absolute atomic E-state index is 12.0. The molecule has 2 aromatic rings. The lowest BCUT2D eigenvalue weighted by molar-refractivity contribution is -0.116. The van der Waals surface area contributed by atoms with E-state index in [0.29, 0.717) is 11.3 Å². The number of nitrogens with zero attached hydrogens (tertiary/aromatic N) is 2. The molecule has 3 rings (SSSR count). The van der Waals surface area contributed by atoms with E-state index >= 15 is 0 Å². The molecule has 1 aromatic carbocycles. The molecular weight excluding hydrogens is 473 g/mol. The van der Waals surface area contributed by atoms with Crippen LogP contribution in [0, 0.1) is 11.3 Å². The molecule has 33 heavy (non-hydrogen) atoms. The van der Waals surface area contributed by atoms with E-state index in [0.717, 1.165) is 25.5 Å². The van der Waals surface area contributed by atoms with E-state index in [1.807, 2.05) is 5.32 Å². The van der Waals surface area contributed by atoms with Crippen LogP contribution < -0.4 is 20.9 Å². The van der Waals surface area contributed by atoms with Gasteiger partial charge in [0.1, 0.15) is 11.6 Å². The van der Waals surface area contributed by atoms with Crippen LogP contribution in [0.1, 0.15) is 37.7 Å². The number of carbonyl (C=O) groups excluding carboxylic acids is 2. The second kappa shape index (κ2) is 10.8. The number of carbonyl (C=O) groups is 2. The summed E-state index contributed by atoms with van der Waals surface area (Å²) < 4.78 is 10.3. The number of hydrogen-bond donors (Lipinski definition) is 3. The number of aromatic amines is 1. The van der Waals surface area contributed by atoms with Crippen LogP contribution in [-0.4, -0.2) is 28.8 Å². The van der Waals surface area contributed by atoms with Gasteiger partial charge in [-0.1, -0.05) is 29.6 Å². The summed E-state index contributed by atoms with van der Waals surface area (Å²) in [5.74, 6) is -0.499. The fraction of sp³-hybridized carbons (Fsp3) is 0.286. The number of alkyl carbamates (subject to hydrolysis) is 1. The summed E-state index contributed by atoms with van der Waals surface area (Å²) in [4.78, 5) is 35.3. The lowest BCUT2D eigenvalue weighted by Crippen LogP contribution is -2.32. The molecule has 1 fully saturated rings. The third-order valence-electron chi connectivity index (χ3n) is 4.80. The van der Waals surface area contributed by atoms with Gasteiger partial charge in [-0.15, -0.1) is 5.10 Å². The van der Waals surface area contributed by atoms with Gasteiger partial charge < -0.3 is 14.8 Å². The second-order valence-corrected chi connectivity index (χ2v) is 7.79. The zero-order valence-corrected chi connectivity index (χ0v) is 18.9. The van der Waals surface area contributed by atoms with Gasteiger partial charge in [0.05, 0.1) is 16.7 Å². The van der Waals surface area contributed by atoms with Gasteiger partial charge >= 0.3 is 6.09 Å². The highest BCUT2D eigenvalue weighted by Gasteiger charge is 2.23. The van der Waals surface area contributed by atoms with Crippen LogP contribution in [0.3, 0.4) is 0 Å². The predicted octanol–water partition coefficient (Wildman–Crippen LogP) is 4.23. The number of anilines is 1. The average Bonchev–Trinajstić information content (AvgIpc) is 2.72. The van der Waals surface area contributed by atoms with Crippen molar-refractivity contribution in [2.45, 2.75) is 32.1 Å². The molecule has 1 aliphatic rings. The molecule has 172 valence electrons. The largest absolute Gasteiger partial charge is 0.450 e. The summed E-state index contributed by atoms with van der Waals surface area (Å²) in [6.07, 6.45) is 3.06. The zero-order chi connectivity index (χ0) is 24.0. The van der Waals surface area contributed by atoms with Gasteiger partial charge in [-0.05, 0) is 37.8 Å². The molecule has 1 aliphatic carbocycles. The molecule has 1 saturated carbocycles. The molecule has 12 heteroatoms. The van der Waals surface area contributed by atoms with Crippen molar-refractivity contribution in [2.24, 2.45) is 0 Å². The third kappa shape index (κ3) is 6.03. The highest BCUT2D eigenvalue weighted by atomic mass is 35.5. The van der Waals surface area contributed by atoms with E-state index in [-0.39, 0.29) is 45.3 Å². The van der Waals surface area contributed by atoms with E-state index in [2.05, 4.69) is 20.3 Å². The molecule has 1 aromatic heterocycles. The first-order chi connectivity index (χ1) is 15.8. The Bertz CT molecular complexity index is 1180. The second-order valence-electron chi connectivity index (χ2n) is 6.98. The Morgan fingerprint density at radius 2 is 2.00 bits per heavy atom. The molecule has 0 aliphatic heterocycles. The van der Waals surface area contributed by atoms with Crippen molar-refractivity contribution >= 4 is 40.9 Å². The van der Waals surface area contributed by atoms with E-state index in [1.165, 1.54) is 12.1 Å². The number of aromatic nitrogens is 2. The van der Waals surface area contributed by atoms with Gasteiger partial charge in [-0.3, -0.25) is 14.9 Å². The lowest BCUT2D eigenvalue weighted by Gasteiger charge is -2.24. The van der Waals surface area contributed by atoms with E-state index in [4.69, 9.17) is 33.2 Å². The molecule has 0 bridgehead atoms. The van der Waals surface area contributed by atoms with E-state index < -0.39 is 12.0 Å². The maximum atomic E-state index is 12.0. The molecule has 0 saturated heterocycles. The Morgan fingerprint density at radius 3 is 2.58 bits per heavy atom. The molecule has 0 unspecified atom stereocenters. The monoisotopic (exact) mass is 491 g/mol. The van der Waals surface area contributed by atoms with Crippen molar-refractivity contribution in [1.29, 1.82) is 5.26 Å². The fourth-order valence-electron chi connectivity index (χ4n) is 2.95. The van der Waals surface area contributed by atoms with Gasteiger partial charge in [0.2, 0.25) is 5.88 Å². The summed E-state index contributed by atoms with van der Waals surface area (Å²) in [6.45, 7) is 1.65. The number of nitrogens with one attached hydrogen (secondary N) is 3. The maximum Gasteiger partial charge on any atom is 0.414 e. The summed E-state index contributed by atoms with van der Waals surface area (Å²) in [7, 11) is 0. The molecule has 10 nitrogen and oxygen atoms in total. The number of imide groups is 1. The third-order valence-corrected chi connectivity index (χ3v) is 5.36. The van der Waals surface area contributed by atoms with Crippen LogP contribution in [0.25, 0.3) is 0 Å². The summed E-state index contributed by atoms with van der Waals surface area (Å²) in [5, 5.41) is 20.3. The number of rotatable bonds is 7. The predicted molar refractivity (Wildman–Crippen MR) is 120 cm³/mol. The lowest BCUT2D eigenvalue weighted by atomic mass is 9.81. The molecule has 1 heterocycles. The smallest absolute Gasteiger partial charge is 0.414 e. The SMILES string of the molecule is CCOC(=O)NC(=O)C(C#N)=CNc1cc(Cl)c(Oc2cc(C3CCC3)c(=O)[nH]n2)c(Cl)c1. The number of benzene rings is 1. The van der Waals surface area contributed by atoms with Gasteiger partial charge in [0.15, 0.2) is 5.75 Å². The Balaban J connectivity index is 1.74. The Morgan fingerprint density at radius 1 is 1.30 bits per heavy atom. The Kier molecular flexibility index (Phi) is 7.92. The highest BCUT2D eigenvalue weighted by Crippen LogP contribution is 2.39. The minimum absolute atomic E-state index is 0.0743. The fourth-order valence-corrected chi connectivity index (χ4v) is 3.52. The molecule has 0 atom stereocenters. The summed E-state index contributed by atoms with van der Waals surface area (Å²) in [5.41, 5.74) is 0.318. The number of nitriles is 1. The first kappa shape index (κ1) is 24.1. The number of halogens is 2. The molecule has 2 amide bonds. The topological polar surface area (TPSA) is 146 Å². The number of amides is 2. The summed E-state index contributed by atoms with van der Waals surface area (Å²) in [6, 6.07) is 6.16. The van der Waals surface area contributed by atoms with E-state index in [9.17, 15) is 14.4 Å². The minimum atomic E-state index is -0.965. The Hall–Kier alpha value is -3.55. The van der Waals surface area contributed by atoms with Gasteiger partial charge in [-0.25, -0.2) is 9.89 Å². The van der Waals surface area contributed by atoms with Gasteiger partial charge in [0.25, 0.3) is 11.5 Å². The molecular formula is C21H19Cl2N5O5. The Labute approximate surface area is 198 Å². The highest BCUT2D eigenvalue weighted by molar-refractivity contribution is 6.37. The van der Waals surface area contributed by atoms with Crippen molar-refractivity contribution in [2.75, 3.05) is 11.9 Å². The summed E-state index contributed by atoms with van der Waals surface area (Å²) >= 11 is 12.6. The van der Waals surface area contributed by atoms with Gasteiger partial charge in [0, 0.05) is 23.5 Å². The molecule has 0 radical (unpaired) electrons. The average molecular weight is 492 g/mol. The van der Waals surface area contributed by atoms with Crippen LogP contribution in [0.5, 0.6) is 11.6 Å². The number of hydrogen-bond acceptors (Lipinski definition) is 8. The normalized spacial score (nSPS) is 13.5. The van der Waals surface area contributed by atoms with Crippen molar-refractivity contribution in [1.82, 2.24) is 15.5 Å². The van der Waals surface area contributed by atoms with Crippen LogP contribution in [0.4, 0.5) is 10.5 Å². The van der Waals surface area contributed by atoms with Crippen LogP contribution in [0.15, 0.2) is 34.8 Å². The van der Waals surface area contributed by atoms with Crippen LogP contribution in [0.2, 0.25) is 10.0 Å². The molecule has 0 spiro atoms.